The highest BCUT2D eigenvalue weighted by molar-refractivity contribution is 7.99. The van der Waals surface area contributed by atoms with Gasteiger partial charge in [0.05, 0.1) is 5.52 Å². The summed E-state index contributed by atoms with van der Waals surface area (Å²) < 4.78 is 0. The van der Waals surface area contributed by atoms with Gasteiger partial charge in [0.2, 0.25) is 5.95 Å². The predicted octanol–water partition coefficient (Wildman–Crippen LogP) is 3.24. The van der Waals surface area contributed by atoms with Gasteiger partial charge >= 0.3 is 0 Å². The summed E-state index contributed by atoms with van der Waals surface area (Å²) in [6.07, 6.45) is 0. The van der Waals surface area contributed by atoms with Crippen LogP contribution in [0.25, 0.3) is 10.9 Å². The quantitative estimate of drug-likeness (QED) is 0.560. The van der Waals surface area contributed by atoms with Crippen molar-refractivity contribution < 1.29 is 0 Å². The minimum Gasteiger partial charge on any atom is -0.370 e. The Bertz CT molecular complexity index is 805. The Hall–Kier alpha value is -2.12. The summed E-state index contributed by atoms with van der Waals surface area (Å²) in [7, 11) is 0. The first-order chi connectivity index (χ1) is 10.7. The number of fused-ring (bicyclic) bond motifs is 1. The summed E-state index contributed by atoms with van der Waals surface area (Å²) >= 11 is 7.19. The molecule has 2 aromatic heterocycles. The Labute approximate surface area is 136 Å². The van der Waals surface area contributed by atoms with Crippen LogP contribution < -0.4 is 11.1 Å². The average molecular weight is 333 g/mol. The molecule has 0 aliphatic carbocycles. The highest BCUT2D eigenvalue weighted by Crippen LogP contribution is 2.29. The second-order valence-electron chi connectivity index (χ2n) is 4.39. The van der Waals surface area contributed by atoms with E-state index < -0.39 is 0 Å². The number of anilines is 2. The van der Waals surface area contributed by atoms with E-state index in [9.17, 15) is 0 Å². The van der Waals surface area contributed by atoms with Crippen molar-refractivity contribution in [2.45, 2.75) is 17.1 Å². The van der Waals surface area contributed by atoms with Crippen molar-refractivity contribution in [1.82, 2.24) is 19.9 Å². The smallest absolute Gasteiger partial charge is 0.222 e. The monoisotopic (exact) mass is 332 g/mol. The molecule has 0 saturated heterocycles. The largest absolute Gasteiger partial charge is 0.370 e. The van der Waals surface area contributed by atoms with Crippen LogP contribution in [0, 0.1) is 0 Å². The molecule has 0 aliphatic rings. The minimum atomic E-state index is 0.127. The number of halogens is 1. The molecule has 3 rings (SSSR count). The van der Waals surface area contributed by atoms with Crippen LogP contribution in [0.4, 0.5) is 11.8 Å². The molecule has 22 heavy (non-hydrogen) atoms. The van der Waals surface area contributed by atoms with Crippen LogP contribution in [0.3, 0.4) is 0 Å². The van der Waals surface area contributed by atoms with Crippen LogP contribution in [-0.4, -0.2) is 26.5 Å². The van der Waals surface area contributed by atoms with E-state index in [1.54, 1.807) is 6.07 Å². The van der Waals surface area contributed by atoms with E-state index in [2.05, 4.69) is 25.3 Å². The second kappa shape index (κ2) is 6.33. The zero-order chi connectivity index (χ0) is 15.5. The Morgan fingerprint density at radius 3 is 2.77 bits per heavy atom. The standard InChI is InChI=1S/C14H13ClN6S/c1-2-17-12-8-5-3-4-6-9(8)18-14(21-12)22-11-7-10(15)19-13(16)20-11/h3-7H,2H2,1H3,(H2,16,19,20)(H,17,18,21). The van der Waals surface area contributed by atoms with Crippen LogP contribution in [0.5, 0.6) is 0 Å². The fourth-order valence-corrected chi connectivity index (χ4v) is 3.00. The van der Waals surface area contributed by atoms with Crippen LogP contribution in [0.15, 0.2) is 40.5 Å². The Kier molecular flexibility index (Phi) is 4.26. The molecule has 0 atom stereocenters. The van der Waals surface area contributed by atoms with Crippen LogP contribution in [-0.2, 0) is 0 Å². The van der Waals surface area contributed by atoms with E-state index >= 15 is 0 Å². The summed E-state index contributed by atoms with van der Waals surface area (Å²) in [4.78, 5) is 17.1. The van der Waals surface area contributed by atoms with E-state index in [0.717, 1.165) is 23.3 Å². The van der Waals surface area contributed by atoms with E-state index in [1.165, 1.54) is 11.8 Å². The van der Waals surface area contributed by atoms with Crippen LogP contribution in [0.2, 0.25) is 5.15 Å². The van der Waals surface area contributed by atoms with E-state index in [0.29, 0.717) is 15.3 Å². The molecular formula is C14H13ClN6S. The molecule has 0 saturated carbocycles. The molecular weight excluding hydrogens is 320 g/mol. The van der Waals surface area contributed by atoms with Gasteiger partial charge in [-0.05, 0) is 30.8 Å². The maximum atomic E-state index is 5.89. The summed E-state index contributed by atoms with van der Waals surface area (Å²) in [5, 5.41) is 5.71. The number of hydrogen-bond acceptors (Lipinski definition) is 7. The SMILES string of the molecule is CCNc1nc(Sc2cc(Cl)nc(N)n2)nc2ccccc12. The Balaban J connectivity index is 2.03. The number of benzene rings is 1. The maximum Gasteiger partial charge on any atom is 0.222 e. The number of nitrogen functional groups attached to an aromatic ring is 1. The first kappa shape index (κ1) is 14.8. The van der Waals surface area contributed by atoms with Crippen molar-refractivity contribution in [3.8, 4) is 0 Å². The predicted molar refractivity (Wildman–Crippen MR) is 89.3 cm³/mol. The summed E-state index contributed by atoms with van der Waals surface area (Å²) in [6.45, 7) is 2.80. The highest BCUT2D eigenvalue weighted by atomic mass is 35.5. The Morgan fingerprint density at radius 1 is 1.18 bits per heavy atom. The van der Waals surface area contributed by atoms with Crippen molar-refractivity contribution >= 4 is 46.0 Å². The number of hydrogen-bond donors (Lipinski definition) is 2. The number of rotatable bonds is 4. The van der Waals surface area contributed by atoms with Crippen molar-refractivity contribution in [3.63, 3.8) is 0 Å². The maximum absolute atomic E-state index is 5.89. The normalized spacial score (nSPS) is 10.8. The number of nitrogens with two attached hydrogens (primary N) is 1. The molecule has 112 valence electrons. The number of aromatic nitrogens is 4. The third-order valence-corrected chi connectivity index (χ3v) is 3.79. The number of nitrogens with zero attached hydrogens (tertiary/aromatic N) is 4. The first-order valence-corrected chi connectivity index (χ1v) is 7.83. The van der Waals surface area contributed by atoms with Crippen LogP contribution in [0.1, 0.15) is 6.92 Å². The lowest BCUT2D eigenvalue weighted by Crippen LogP contribution is -2.02. The molecule has 6 nitrogen and oxygen atoms in total. The van der Waals surface area contributed by atoms with E-state index in [1.807, 2.05) is 31.2 Å². The van der Waals surface area contributed by atoms with Crippen molar-refractivity contribution in [1.29, 1.82) is 0 Å². The second-order valence-corrected chi connectivity index (χ2v) is 5.77. The third kappa shape index (κ3) is 3.20. The Morgan fingerprint density at radius 2 is 2.00 bits per heavy atom. The molecule has 0 radical (unpaired) electrons. The highest BCUT2D eigenvalue weighted by Gasteiger charge is 2.10. The zero-order valence-corrected chi connectivity index (χ0v) is 13.3. The lowest BCUT2D eigenvalue weighted by Gasteiger charge is -2.09. The van der Waals surface area contributed by atoms with Crippen molar-refractivity contribution in [3.05, 3.63) is 35.5 Å². The van der Waals surface area contributed by atoms with Gasteiger partial charge in [-0.3, -0.25) is 0 Å². The average Bonchev–Trinajstić information content (AvgIpc) is 2.46. The first-order valence-electron chi connectivity index (χ1n) is 6.64. The number of para-hydroxylation sites is 1. The van der Waals surface area contributed by atoms with E-state index in [-0.39, 0.29) is 5.95 Å². The van der Waals surface area contributed by atoms with Crippen molar-refractivity contribution in [2.75, 3.05) is 17.6 Å². The van der Waals surface area contributed by atoms with Gasteiger partial charge in [0.15, 0.2) is 5.16 Å². The topological polar surface area (TPSA) is 89.6 Å². The molecule has 3 aromatic rings. The summed E-state index contributed by atoms with van der Waals surface area (Å²) in [5.74, 6) is 0.923. The van der Waals surface area contributed by atoms with Gasteiger partial charge in [-0.2, -0.15) is 0 Å². The third-order valence-electron chi connectivity index (χ3n) is 2.81. The fourth-order valence-electron chi connectivity index (χ4n) is 1.96. The summed E-state index contributed by atoms with van der Waals surface area (Å²) in [5.41, 5.74) is 6.47. The molecule has 0 bridgehead atoms. The molecule has 0 aliphatic heterocycles. The lowest BCUT2D eigenvalue weighted by atomic mass is 10.2. The number of nitrogens with one attached hydrogen (secondary N) is 1. The van der Waals surface area contributed by atoms with E-state index in [4.69, 9.17) is 17.3 Å². The van der Waals surface area contributed by atoms with Gasteiger partial charge in [-0.1, -0.05) is 23.7 Å². The molecule has 0 fully saturated rings. The van der Waals surface area contributed by atoms with Crippen molar-refractivity contribution in [2.24, 2.45) is 0 Å². The lowest BCUT2D eigenvalue weighted by molar-refractivity contribution is 0.980. The molecule has 3 N–H and O–H groups in total. The molecule has 0 amide bonds. The fraction of sp³-hybridized carbons (Fsp3) is 0.143. The van der Waals surface area contributed by atoms with Gasteiger partial charge in [0.1, 0.15) is 16.0 Å². The zero-order valence-electron chi connectivity index (χ0n) is 11.7. The molecule has 2 heterocycles. The van der Waals surface area contributed by atoms with Crippen LogP contribution >= 0.6 is 23.4 Å². The van der Waals surface area contributed by atoms with Gasteiger partial charge in [-0.15, -0.1) is 0 Å². The van der Waals surface area contributed by atoms with Gasteiger partial charge < -0.3 is 11.1 Å². The van der Waals surface area contributed by atoms with Gasteiger partial charge in [-0.25, -0.2) is 19.9 Å². The molecule has 0 spiro atoms. The molecule has 1 aromatic carbocycles. The minimum absolute atomic E-state index is 0.127. The molecule has 0 unspecified atom stereocenters. The summed E-state index contributed by atoms with van der Waals surface area (Å²) in [6, 6.07) is 9.47. The molecule has 8 heteroatoms. The van der Waals surface area contributed by atoms with Gasteiger partial charge in [0, 0.05) is 18.0 Å². The van der Waals surface area contributed by atoms with Gasteiger partial charge in [0.25, 0.3) is 0 Å².